The first-order chi connectivity index (χ1) is 9.81. The van der Waals surface area contributed by atoms with Crippen LogP contribution in [0.25, 0.3) is 0 Å². The molecule has 6 heteroatoms. The van der Waals surface area contributed by atoms with Gasteiger partial charge in [0, 0.05) is 22.6 Å². The van der Waals surface area contributed by atoms with E-state index in [-0.39, 0.29) is 0 Å². The fourth-order valence-electron chi connectivity index (χ4n) is 2.59. The number of halogens is 1. The largest absolute Gasteiger partial charge is 0.364 e. The Kier molecular flexibility index (Phi) is 4.60. The van der Waals surface area contributed by atoms with Crippen LogP contribution in [-0.2, 0) is 6.54 Å². The molecule has 0 amide bonds. The molecular weight excluding hydrogens is 292 g/mol. The van der Waals surface area contributed by atoms with Gasteiger partial charge in [-0.3, -0.25) is 5.10 Å². The second-order valence-corrected chi connectivity index (χ2v) is 6.95. The second kappa shape index (κ2) is 6.61. The van der Waals surface area contributed by atoms with Crippen molar-refractivity contribution in [2.45, 2.75) is 31.7 Å². The molecule has 0 spiro atoms. The Morgan fingerprint density at radius 3 is 3.15 bits per heavy atom. The number of hydrogen-bond donors (Lipinski definition) is 3. The molecule has 108 valence electrons. The van der Waals surface area contributed by atoms with Crippen molar-refractivity contribution in [3.63, 3.8) is 0 Å². The van der Waals surface area contributed by atoms with Gasteiger partial charge in [0.15, 0.2) is 0 Å². The number of nitrogens with one attached hydrogen (secondary N) is 3. The number of aromatic amines is 1. The maximum absolute atomic E-state index is 5.93. The van der Waals surface area contributed by atoms with E-state index in [1.165, 1.54) is 29.8 Å². The third-order valence-corrected chi connectivity index (χ3v) is 4.92. The molecule has 1 atom stereocenters. The van der Waals surface area contributed by atoms with E-state index >= 15 is 0 Å². The lowest BCUT2D eigenvalue weighted by atomic mass is 9.97. The monoisotopic (exact) mass is 310 g/mol. The van der Waals surface area contributed by atoms with Gasteiger partial charge in [0.05, 0.1) is 10.9 Å². The Bertz CT molecular complexity index is 543. The van der Waals surface area contributed by atoms with Crippen LogP contribution >= 0.6 is 22.9 Å². The first kappa shape index (κ1) is 13.9. The molecule has 0 aliphatic carbocycles. The third-order valence-electron chi connectivity index (χ3n) is 3.69. The van der Waals surface area contributed by atoms with E-state index in [1.54, 1.807) is 11.3 Å². The minimum absolute atomic E-state index is 0.601. The smallest absolute Gasteiger partial charge is 0.148 e. The van der Waals surface area contributed by atoms with E-state index in [0.717, 1.165) is 29.8 Å². The summed E-state index contributed by atoms with van der Waals surface area (Å²) in [6.07, 6.45) is 3.65. The molecule has 0 aromatic carbocycles. The normalized spacial score (nSPS) is 19.8. The molecule has 4 nitrogen and oxygen atoms in total. The Morgan fingerprint density at radius 1 is 1.35 bits per heavy atom. The summed E-state index contributed by atoms with van der Waals surface area (Å²) in [6.45, 7) is 3.00. The summed E-state index contributed by atoms with van der Waals surface area (Å²) in [5.74, 6) is 1.52. The van der Waals surface area contributed by atoms with E-state index in [0.29, 0.717) is 5.92 Å². The highest BCUT2D eigenvalue weighted by atomic mass is 35.5. The van der Waals surface area contributed by atoms with Crippen molar-refractivity contribution >= 4 is 28.8 Å². The summed E-state index contributed by atoms with van der Waals surface area (Å²) in [6, 6.07) is 6.12. The van der Waals surface area contributed by atoms with Crippen LogP contribution in [-0.4, -0.2) is 23.3 Å². The minimum Gasteiger partial charge on any atom is -0.364 e. The molecule has 1 aliphatic heterocycles. The molecule has 1 fully saturated rings. The predicted molar refractivity (Wildman–Crippen MR) is 84.7 cm³/mol. The van der Waals surface area contributed by atoms with Crippen molar-refractivity contribution in [2.75, 3.05) is 18.4 Å². The molecule has 0 radical (unpaired) electrons. The molecule has 20 heavy (non-hydrogen) atoms. The van der Waals surface area contributed by atoms with E-state index in [2.05, 4.69) is 26.9 Å². The number of aromatic nitrogens is 2. The van der Waals surface area contributed by atoms with Crippen molar-refractivity contribution in [3.8, 4) is 0 Å². The maximum atomic E-state index is 5.93. The van der Waals surface area contributed by atoms with Crippen LogP contribution < -0.4 is 10.6 Å². The molecular formula is C14H19ClN4S. The van der Waals surface area contributed by atoms with Crippen LogP contribution in [0.3, 0.4) is 0 Å². The molecule has 3 N–H and O–H groups in total. The molecule has 0 bridgehead atoms. The fraction of sp³-hybridized carbons (Fsp3) is 0.500. The average Bonchev–Trinajstić information content (AvgIpc) is 2.99. The van der Waals surface area contributed by atoms with Crippen LogP contribution in [0.2, 0.25) is 4.34 Å². The number of anilines is 1. The van der Waals surface area contributed by atoms with Gasteiger partial charge in [0.1, 0.15) is 5.82 Å². The van der Waals surface area contributed by atoms with Gasteiger partial charge < -0.3 is 10.6 Å². The van der Waals surface area contributed by atoms with E-state index < -0.39 is 0 Å². The van der Waals surface area contributed by atoms with E-state index in [1.807, 2.05) is 12.1 Å². The maximum Gasteiger partial charge on any atom is 0.148 e. The van der Waals surface area contributed by atoms with Crippen LogP contribution in [0.1, 0.15) is 35.8 Å². The van der Waals surface area contributed by atoms with Crippen molar-refractivity contribution in [1.29, 1.82) is 0 Å². The number of H-pyrrole nitrogens is 1. The van der Waals surface area contributed by atoms with Gasteiger partial charge >= 0.3 is 0 Å². The van der Waals surface area contributed by atoms with Gasteiger partial charge in [0.25, 0.3) is 0 Å². The SMILES string of the molecule is Clc1ccc(CNc2cc(C3CCCNCC3)[nH]n2)s1. The highest BCUT2D eigenvalue weighted by Crippen LogP contribution is 2.26. The molecule has 3 heterocycles. The van der Waals surface area contributed by atoms with Gasteiger partial charge in [-0.2, -0.15) is 5.10 Å². The van der Waals surface area contributed by atoms with Crippen molar-refractivity contribution in [1.82, 2.24) is 15.5 Å². The summed E-state index contributed by atoms with van der Waals surface area (Å²) in [7, 11) is 0. The van der Waals surface area contributed by atoms with Gasteiger partial charge in [-0.15, -0.1) is 11.3 Å². The lowest BCUT2D eigenvalue weighted by Gasteiger charge is -2.10. The third kappa shape index (κ3) is 3.53. The van der Waals surface area contributed by atoms with Crippen molar-refractivity contribution in [3.05, 3.63) is 33.1 Å². The van der Waals surface area contributed by atoms with Gasteiger partial charge in [0.2, 0.25) is 0 Å². The molecule has 1 unspecified atom stereocenters. The summed E-state index contributed by atoms with van der Waals surface area (Å²) in [4.78, 5) is 1.22. The average molecular weight is 311 g/mol. The van der Waals surface area contributed by atoms with Crippen LogP contribution in [0.4, 0.5) is 5.82 Å². The summed E-state index contributed by atoms with van der Waals surface area (Å²) in [5, 5.41) is 14.3. The van der Waals surface area contributed by atoms with Crippen molar-refractivity contribution in [2.24, 2.45) is 0 Å². The zero-order valence-electron chi connectivity index (χ0n) is 11.3. The van der Waals surface area contributed by atoms with Gasteiger partial charge in [-0.25, -0.2) is 0 Å². The molecule has 3 rings (SSSR count). The lowest BCUT2D eigenvalue weighted by molar-refractivity contribution is 0.592. The Balaban J connectivity index is 1.58. The number of thiophene rings is 1. The number of nitrogens with zero attached hydrogens (tertiary/aromatic N) is 1. The van der Waals surface area contributed by atoms with Gasteiger partial charge in [-0.05, 0) is 44.5 Å². The molecule has 1 saturated heterocycles. The highest BCUT2D eigenvalue weighted by Gasteiger charge is 2.16. The quantitative estimate of drug-likeness (QED) is 0.809. The molecule has 2 aromatic heterocycles. The minimum atomic E-state index is 0.601. The molecule has 2 aromatic rings. The Labute approximate surface area is 127 Å². The highest BCUT2D eigenvalue weighted by molar-refractivity contribution is 7.16. The van der Waals surface area contributed by atoms with Crippen LogP contribution in [0.15, 0.2) is 18.2 Å². The first-order valence-electron chi connectivity index (χ1n) is 7.05. The number of hydrogen-bond acceptors (Lipinski definition) is 4. The van der Waals surface area contributed by atoms with Crippen LogP contribution in [0.5, 0.6) is 0 Å². The lowest BCUT2D eigenvalue weighted by Crippen LogP contribution is -2.13. The second-order valence-electron chi connectivity index (χ2n) is 5.15. The standard InChI is InChI=1S/C14H19ClN4S/c15-13-4-3-11(20-13)9-17-14-8-12(18-19-14)10-2-1-6-16-7-5-10/h3-4,8,10,16H,1-2,5-7,9H2,(H2,17,18,19). The summed E-state index contributed by atoms with van der Waals surface area (Å²) >= 11 is 7.53. The fourth-order valence-corrected chi connectivity index (χ4v) is 3.62. The topological polar surface area (TPSA) is 52.7 Å². The Hall–Kier alpha value is -1.04. The molecule has 1 aliphatic rings. The van der Waals surface area contributed by atoms with E-state index in [4.69, 9.17) is 11.6 Å². The van der Waals surface area contributed by atoms with Crippen molar-refractivity contribution < 1.29 is 0 Å². The summed E-state index contributed by atoms with van der Waals surface area (Å²) in [5.41, 5.74) is 1.25. The first-order valence-corrected chi connectivity index (χ1v) is 8.25. The van der Waals surface area contributed by atoms with Crippen LogP contribution in [0, 0.1) is 0 Å². The summed E-state index contributed by atoms with van der Waals surface area (Å²) < 4.78 is 0.829. The number of rotatable bonds is 4. The Morgan fingerprint density at radius 2 is 2.30 bits per heavy atom. The zero-order valence-corrected chi connectivity index (χ0v) is 12.9. The van der Waals surface area contributed by atoms with Gasteiger partial charge in [-0.1, -0.05) is 11.6 Å². The van der Waals surface area contributed by atoms with E-state index in [9.17, 15) is 0 Å². The molecule has 0 saturated carbocycles. The zero-order chi connectivity index (χ0) is 13.8. The predicted octanol–water partition coefficient (Wildman–Crippen LogP) is 3.59.